The van der Waals surface area contributed by atoms with Gasteiger partial charge < -0.3 is 25.7 Å². The molecule has 1 aliphatic rings. The van der Waals surface area contributed by atoms with Crippen molar-refractivity contribution in [2.75, 3.05) is 16.0 Å². The molecule has 180 valence electrons. The van der Waals surface area contributed by atoms with E-state index in [1.54, 1.807) is 32.0 Å². The first-order valence-corrected chi connectivity index (χ1v) is 10.3. The van der Waals surface area contributed by atoms with Crippen LogP contribution in [0.5, 0.6) is 5.75 Å². The van der Waals surface area contributed by atoms with E-state index in [1.165, 1.54) is 18.2 Å². The number of aromatic nitrogens is 4. The van der Waals surface area contributed by atoms with Crippen molar-refractivity contribution in [1.82, 2.24) is 19.9 Å². The van der Waals surface area contributed by atoms with E-state index in [0.29, 0.717) is 22.8 Å². The van der Waals surface area contributed by atoms with Gasteiger partial charge in [-0.2, -0.15) is 18.2 Å². The number of carbonyl (C=O) groups is 1. The molecule has 1 amide bonds. The summed E-state index contributed by atoms with van der Waals surface area (Å²) in [5.41, 5.74) is 0.466. The van der Waals surface area contributed by atoms with Crippen molar-refractivity contribution in [3.8, 4) is 5.75 Å². The van der Waals surface area contributed by atoms with Crippen molar-refractivity contribution in [2.24, 2.45) is 0 Å². The number of benzene rings is 2. The van der Waals surface area contributed by atoms with Gasteiger partial charge in [0, 0.05) is 11.4 Å². The number of hydrogen-bond acceptors (Lipinski definition) is 7. The first-order valence-electron chi connectivity index (χ1n) is 10.3. The summed E-state index contributed by atoms with van der Waals surface area (Å²) in [6, 6.07) is 9.15. The third-order valence-electron chi connectivity index (χ3n) is 5.15. The average molecular weight is 487 g/mol. The third-order valence-corrected chi connectivity index (χ3v) is 5.15. The molecule has 2 aromatic carbocycles. The van der Waals surface area contributed by atoms with Gasteiger partial charge in [-0.05, 0) is 50.2 Å². The van der Waals surface area contributed by atoms with Gasteiger partial charge in [0.25, 0.3) is 5.91 Å². The number of halogens is 4. The zero-order chi connectivity index (χ0) is 25.0. The number of amides is 1. The van der Waals surface area contributed by atoms with E-state index in [4.69, 9.17) is 4.74 Å². The van der Waals surface area contributed by atoms with Gasteiger partial charge in [-0.1, -0.05) is 0 Å². The molecule has 4 N–H and O–H groups in total. The van der Waals surface area contributed by atoms with Crippen molar-refractivity contribution in [3.63, 3.8) is 0 Å². The number of anilines is 5. The largest absolute Gasteiger partial charge is 0.476 e. The summed E-state index contributed by atoms with van der Waals surface area (Å²) < 4.78 is 58.7. The van der Waals surface area contributed by atoms with Gasteiger partial charge in [-0.25, -0.2) is 14.4 Å². The minimum atomic E-state index is -4.60. The summed E-state index contributed by atoms with van der Waals surface area (Å²) in [4.78, 5) is 25.9. The molecule has 1 aliphatic heterocycles. The molecule has 0 saturated heterocycles. The fraction of sp³-hybridized carbons (Fsp3) is 0.182. The maximum atomic E-state index is 14.4. The van der Waals surface area contributed by atoms with Crippen LogP contribution in [-0.2, 0) is 11.0 Å². The van der Waals surface area contributed by atoms with Crippen LogP contribution in [0.3, 0.4) is 0 Å². The summed E-state index contributed by atoms with van der Waals surface area (Å²) in [6.45, 7) is 3.28. The molecular formula is C22H17F4N7O2. The van der Waals surface area contributed by atoms with Crippen LogP contribution in [0, 0.1) is 5.82 Å². The zero-order valence-corrected chi connectivity index (χ0v) is 18.2. The maximum absolute atomic E-state index is 14.4. The van der Waals surface area contributed by atoms with Crippen molar-refractivity contribution >= 4 is 45.8 Å². The second kappa shape index (κ2) is 7.82. The highest BCUT2D eigenvalue weighted by Crippen LogP contribution is 2.36. The first-order chi connectivity index (χ1) is 16.5. The minimum Gasteiger partial charge on any atom is -0.476 e. The molecule has 2 aromatic heterocycles. The number of alkyl halides is 3. The monoisotopic (exact) mass is 487 g/mol. The molecule has 9 nitrogen and oxygen atoms in total. The van der Waals surface area contributed by atoms with Crippen LogP contribution in [0.1, 0.15) is 19.7 Å². The second-order valence-corrected chi connectivity index (χ2v) is 8.23. The second-order valence-electron chi connectivity index (χ2n) is 8.23. The Kier molecular flexibility index (Phi) is 5.00. The summed E-state index contributed by atoms with van der Waals surface area (Å²) >= 11 is 0. The molecule has 0 radical (unpaired) electrons. The van der Waals surface area contributed by atoms with Crippen LogP contribution in [0.15, 0.2) is 42.6 Å². The van der Waals surface area contributed by atoms with Gasteiger partial charge in [-0.15, -0.1) is 0 Å². The van der Waals surface area contributed by atoms with Crippen molar-refractivity contribution in [1.29, 1.82) is 0 Å². The minimum absolute atomic E-state index is 0.00354. The number of rotatable bonds is 4. The van der Waals surface area contributed by atoms with Crippen LogP contribution in [0.2, 0.25) is 0 Å². The number of imidazole rings is 1. The van der Waals surface area contributed by atoms with Crippen LogP contribution in [0.25, 0.3) is 11.0 Å². The highest BCUT2D eigenvalue weighted by Gasteiger charge is 2.36. The highest BCUT2D eigenvalue weighted by molar-refractivity contribution is 6.00. The SMILES string of the molecule is CC1(C)Oc2ccc(Nc3nc(Nc4ccc5[nH]c(C(F)(F)F)nc5c4)ncc3F)cc2NC1=O. The van der Waals surface area contributed by atoms with E-state index in [1.807, 2.05) is 0 Å². The first kappa shape index (κ1) is 22.4. The van der Waals surface area contributed by atoms with Gasteiger partial charge in [0.1, 0.15) is 5.75 Å². The fourth-order valence-electron chi connectivity index (χ4n) is 3.39. The molecule has 4 aromatic rings. The predicted molar refractivity (Wildman–Crippen MR) is 119 cm³/mol. The van der Waals surface area contributed by atoms with Crippen LogP contribution < -0.4 is 20.7 Å². The smallest absolute Gasteiger partial charge is 0.449 e. The summed E-state index contributed by atoms with van der Waals surface area (Å²) in [6.07, 6.45) is -3.66. The Morgan fingerprint density at radius 1 is 1.03 bits per heavy atom. The fourth-order valence-corrected chi connectivity index (χ4v) is 3.39. The van der Waals surface area contributed by atoms with Gasteiger partial charge in [-0.3, -0.25) is 4.79 Å². The Morgan fingerprint density at radius 3 is 2.54 bits per heavy atom. The van der Waals surface area contributed by atoms with E-state index in [2.05, 4.69) is 35.9 Å². The number of nitrogens with zero attached hydrogens (tertiary/aromatic N) is 3. The van der Waals surface area contributed by atoms with E-state index in [9.17, 15) is 22.4 Å². The number of nitrogens with one attached hydrogen (secondary N) is 4. The number of H-pyrrole nitrogens is 1. The Labute approximate surface area is 195 Å². The van der Waals surface area contributed by atoms with E-state index in [0.717, 1.165) is 6.20 Å². The van der Waals surface area contributed by atoms with Gasteiger partial charge in [0.05, 0.1) is 22.9 Å². The third kappa shape index (κ3) is 4.39. The Hall–Kier alpha value is -4.42. The van der Waals surface area contributed by atoms with Crippen molar-refractivity contribution in [3.05, 3.63) is 54.2 Å². The van der Waals surface area contributed by atoms with Gasteiger partial charge in [0.2, 0.25) is 11.8 Å². The summed E-state index contributed by atoms with van der Waals surface area (Å²) in [5, 5.41) is 8.38. The molecule has 0 atom stereocenters. The van der Waals surface area contributed by atoms with Crippen molar-refractivity contribution < 1.29 is 27.1 Å². The van der Waals surface area contributed by atoms with E-state index >= 15 is 0 Å². The van der Waals surface area contributed by atoms with E-state index < -0.39 is 23.4 Å². The predicted octanol–water partition coefficient (Wildman–Crippen LogP) is 5.11. The molecule has 5 rings (SSSR count). The molecule has 0 fully saturated rings. The number of aromatic amines is 1. The number of hydrogen-bond donors (Lipinski definition) is 4. The lowest BCUT2D eigenvalue weighted by molar-refractivity contribution is -0.144. The Bertz CT molecular complexity index is 1470. The van der Waals surface area contributed by atoms with Crippen LogP contribution in [-0.4, -0.2) is 31.4 Å². The number of carbonyl (C=O) groups excluding carboxylic acids is 1. The van der Waals surface area contributed by atoms with Gasteiger partial charge in [0.15, 0.2) is 17.2 Å². The molecule has 0 spiro atoms. The summed E-state index contributed by atoms with van der Waals surface area (Å²) in [7, 11) is 0. The highest BCUT2D eigenvalue weighted by atomic mass is 19.4. The van der Waals surface area contributed by atoms with Crippen molar-refractivity contribution in [2.45, 2.75) is 25.6 Å². The average Bonchev–Trinajstić information content (AvgIpc) is 3.21. The zero-order valence-electron chi connectivity index (χ0n) is 18.2. The van der Waals surface area contributed by atoms with E-state index in [-0.39, 0.29) is 28.7 Å². The Morgan fingerprint density at radius 2 is 1.77 bits per heavy atom. The van der Waals surface area contributed by atoms with Crippen LogP contribution in [0.4, 0.5) is 46.4 Å². The lowest BCUT2D eigenvalue weighted by atomic mass is 10.1. The molecular weight excluding hydrogens is 470 g/mol. The molecule has 13 heteroatoms. The molecule has 0 saturated carbocycles. The molecule has 0 bridgehead atoms. The lowest BCUT2D eigenvalue weighted by Crippen LogP contribution is -2.45. The van der Waals surface area contributed by atoms with Crippen LogP contribution >= 0.6 is 0 Å². The maximum Gasteiger partial charge on any atom is 0.449 e. The topological polar surface area (TPSA) is 117 Å². The summed E-state index contributed by atoms with van der Waals surface area (Å²) in [5.74, 6) is -1.87. The number of fused-ring (bicyclic) bond motifs is 2. The standard InChI is InChI=1S/C22H17F4N7O2/c1-21(2)19(34)32-15-8-10(4-6-16(15)35-21)28-17-12(23)9-27-20(33-17)29-11-3-5-13-14(7-11)31-18(30-13)22(24,25)26/h3-9H,1-2H3,(H,30,31)(H,32,34)(H2,27,28,29,33). The Balaban J connectivity index is 1.37. The van der Waals surface area contributed by atoms with Gasteiger partial charge >= 0.3 is 6.18 Å². The quantitative estimate of drug-likeness (QED) is 0.296. The molecule has 0 aliphatic carbocycles. The molecule has 35 heavy (non-hydrogen) atoms. The molecule has 3 heterocycles. The lowest BCUT2D eigenvalue weighted by Gasteiger charge is -2.31. The number of ether oxygens (including phenoxy) is 1. The normalized spacial score (nSPS) is 14.7. The molecule has 0 unspecified atom stereocenters.